The molecule has 1 fully saturated rings. The van der Waals surface area contributed by atoms with Gasteiger partial charge in [-0.25, -0.2) is 0 Å². The van der Waals surface area contributed by atoms with Crippen LogP contribution in [0.4, 0.5) is 5.95 Å². The Labute approximate surface area is 174 Å². The first-order chi connectivity index (χ1) is 14.2. The highest BCUT2D eigenvalue weighted by Crippen LogP contribution is 2.38. The largest absolute Gasteiger partial charge is 0.468 e. The minimum absolute atomic E-state index is 0.303. The highest BCUT2D eigenvalue weighted by molar-refractivity contribution is 8.00. The third-order valence-corrected chi connectivity index (χ3v) is 6.21. The minimum atomic E-state index is -0.513. The Bertz CT molecular complexity index is 966. The predicted molar refractivity (Wildman–Crippen MR) is 115 cm³/mol. The number of thioether (sulfide) groups is 1. The van der Waals surface area contributed by atoms with E-state index in [4.69, 9.17) is 4.74 Å². The summed E-state index contributed by atoms with van der Waals surface area (Å²) in [5.41, 5.74) is 3.06. The average Bonchev–Trinajstić information content (AvgIpc) is 3.42. The summed E-state index contributed by atoms with van der Waals surface area (Å²) in [7, 11) is 1.42. The van der Waals surface area contributed by atoms with Crippen molar-refractivity contribution >= 4 is 23.7 Å². The average molecular weight is 409 g/mol. The number of methoxy groups -OCH3 is 1. The quantitative estimate of drug-likeness (QED) is 0.450. The zero-order valence-corrected chi connectivity index (χ0v) is 17.4. The van der Waals surface area contributed by atoms with Crippen LogP contribution in [-0.4, -0.2) is 40.9 Å². The molecular weight excluding hydrogens is 384 g/mol. The Balaban J connectivity index is 1.76. The summed E-state index contributed by atoms with van der Waals surface area (Å²) in [5.74, 6) is 0.521. The number of benzene rings is 2. The van der Waals surface area contributed by atoms with Crippen LogP contribution in [0, 0.1) is 6.92 Å². The van der Waals surface area contributed by atoms with Gasteiger partial charge < -0.3 is 9.64 Å². The first kappa shape index (κ1) is 19.5. The van der Waals surface area contributed by atoms with Crippen molar-refractivity contribution in [1.82, 2.24) is 14.8 Å². The van der Waals surface area contributed by atoms with Gasteiger partial charge in [0.05, 0.1) is 12.8 Å². The summed E-state index contributed by atoms with van der Waals surface area (Å²) >= 11 is 1.37. The number of hydrogen-bond donors (Lipinski definition) is 0. The number of nitrogens with zero attached hydrogens (tertiary/aromatic N) is 4. The lowest BCUT2D eigenvalue weighted by Crippen LogP contribution is -2.22. The second kappa shape index (κ2) is 8.69. The van der Waals surface area contributed by atoms with E-state index in [2.05, 4.69) is 46.3 Å². The van der Waals surface area contributed by atoms with Crippen molar-refractivity contribution in [3.05, 3.63) is 65.7 Å². The van der Waals surface area contributed by atoms with Crippen molar-refractivity contribution < 1.29 is 9.53 Å². The Morgan fingerprint density at radius 3 is 2.38 bits per heavy atom. The van der Waals surface area contributed by atoms with Crippen molar-refractivity contribution in [3.8, 4) is 5.69 Å². The Morgan fingerprint density at radius 1 is 1.03 bits per heavy atom. The van der Waals surface area contributed by atoms with E-state index < -0.39 is 5.25 Å². The SMILES string of the molecule is COC(=O)C(Sc1nnc(N2CCCC2)n1-c1ccc(C)cc1)c1ccccc1. The fourth-order valence-electron chi connectivity index (χ4n) is 3.47. The van der Waals surface area contributed by atoms with Gasteiger partial charge in [0, 0.05) is 13.1 Å². The third kappa shape index (κ3) is 4.15. The molecule has 2 aromatic carbocycles. The molecule has 0 aliphatic carbocycles. The summed E-state index contributed by atoms with van der Waals surface area (Å²) in [5, 5.41) is 9.13. The van der Waals surface area contributed by atoms with Crippen LogP contribution in [0.2, 0.25) is 0 Å². The highest BCUT2D eigenvalue weighted by Gasteiger charge is 2.28. The van der Waals surface area contributed by atoms with Crippen LogP contribution < -0.4 is 4.90 Å². The molecule has 0 N–H and O–H groups in total. The lowest BCUT2D eigenvalue weighted by molar-refractivity contribution is -0.140. The number of ether oxygens (including phenoxy) is 1. The summed E-state index contributed by atoms with van der Waals surface area (Å²) in [6.07, 6.45) is 2.30. The van der Waals surface area contributed by atoms with Gasteiger partial charge in [-0.2, -0.15) is 0 Å². The van der Waals surface area contributed by atoms with Crippen molar-refractivity contribution in [2.24, 2.45) is 0 Å². The van der Waals surface area contributed by atoms with E-state index in [1.807, 2.05) is 34.9 Å². The molecule has 4 rings (SSSR count). The number of aromatic nitrogens is 3. The standard InChI is InChI=1S/C22H24N4O2S/c1-16-10-12-18(13-11-16)26-21(25-14-6-7-15-25)23-24-22(26)29-19(20(27)28-2)17-8-4-3-5-9-17/h3-5,8-13,19H,6-7,14-15H2,1-2H3. The zero-order chi connectivity index (χ0) is 20.2. The van der Waals surface area contributed by atoms with Gasteiger partial charge in [0.15, 0.2) is 5.16 Å². The molecule has 3 aromatic rings. The monoisotopic (exact) mass is 408 g/mol. The van der Waals surface area contributed by atoms with Gasteiger partial charge in [0.25, 0.3) is 0 Å². The minimum Gasteiger partial charge on any atom is -0.468 e. The van der Waals surface area contributed by atoms with Gasteiger partial charge in [0.2, 0.25) is 5.95 Å². The fraction of sp³-hybridized carbons (Fsp3) is 0.318. The molecule has 6 nitrogen and oxygen atoms in total. The van der Waals surface area contributed by atoms with Crippen LogP contribution in [0.5, 0.6) is 0 Å². The highest BCUT2D eigenvalue weighted by atomic mass is 32.2. The third-order valence-electron chi connectivity index (χ3n) is 5.04. The van der Waals surface area contributed by atoms with E-state index in [-0.39, 0.29) is 5.97 Å². The number of anilines is 1. The molecule has 0 spiro atoms. The topological polar surface area (TPSA) is 60.2 Å². The number of hydrogen-bond acceptors (Lipinski definition) is 6. The maximum atomic E-state index is 12.6. The van der Waals surface area contributed by atoms with Crippen molar-refractivity contribution in [1.29, 1.82) is 0 Å². The Kier molecular flexibility index (Phi) is 5.85. The molecule has 2 heterocycles. The fourth-order valence-corrected chi connectivity index (χ4v) is 4.55. The first-order valence-electron chi connectivity index (χ1n) is 9.74. The number of carbonyl (C=O) groups excluding carboxylic acids is 1. The molecule has 150 valence electrons. The number of esters is 1. The van der Waals surface area contributed by atoms with Crippen molar-refractivity contribution in [2.45, 2.75) is 30.2 Å². The normalized spacial score (nSPS) is 14.8. The van der Waals surface area contributed by atoms with Gasteiger partial charge >= 0.3 is 5.97 Å². The van der Waals surface area contributed by atoms with E-state index >= 15 is 0 Å². The first-order valence-corrected chi connectivity index (χ1v) is 10.6. The maximum Gasteiger partial charge on any atom is 0.323 e. The van der Waals surface area contributed by atoms with Gasteiger partial charge in [-0.3, -0.25) is 9.36 Å². The molecule has 0 radical (unpaired) electrons. The zero-order valence-electron chi connectivity index (χ0n) is 16.6. The van der Waals surface area contributed by atoms with Crippen LogP contribution in [0.1, 0.15) is 29.2 Å². The van der Waals surface area contributed by atoms with Crippen LogP contribution in [0.3, 0.4) is 0 Å². The molecule has 1 saturated heterocycles. The molecule has 0 saturated carbocycles. The maximum absolute atomic E-state index is 12.6. The van der Waals surface area contributed by atoms with E-state index in [0.29, 0.717) is 5.16 Å². The van der Waals surface area contributed by atoms with Crippen molar-refractivity contribution in [3.63, 3.8) is 0 Å². The summed E-state index contributed by atoms with van der Waals surface area (Å²) in [4.78, 5) is 14.8. The second-order valence-corrected chi connectivity index (χ2v) is 8.15. The van der Waals surface area contributed by atoms with Gasteiger partial charge in [0.1, 0.15) is 5.25 Å². The molecule has 1 aliphatic heterocycles. The summed E-state index contributed by atoms with van der Waals surface area (Å²) in [6.45, 7) is 4.00. The Hall–Kier alpha value is -2.80. The molecule has 1 unspecified atom stereocenters. The summed E-state index contributed by atoms with van der Waals surface area (Å²) in [6, 6.07) is 17.9. The number of rotatable bonds is 6. The molecule has 1 aromatic heterocycles. The molecule has 7 heteroatoms. The molecule has 0 bridgehead atoms. The van der Waals surface area contributed by atoms with Crippen molar-refractivity contribution in [2.75, 3.05) is 25.1 Å². The lowest BCUT2D eigenvalue weighted by atomic mass is 10.1. The van der Waals surface area contributed by atoms with Crippen LogP contribution in [-0.2, 0) is 9.53 Å². The molecule has 29 heavy (non-hydrogen) atoms. The van der Waals surface area contributed by atoms with E-state index in [9.17, 15) is 4.79 Å². The van der Waals surface area contributed by atoms with E-state index in [0.717, 1.165) is 43.1 Å². The van der Waals surface area contributed by atoms with E-state index in [1.165, 1.54) is 24.4 Å². The molecule has 1 aliphatic rings. The van der Waals surface area contributed by atoms with Crippen LogP contribution in [0.15, 0.2) is 59.8 Å². The molecular formula is C22H24N4O2S. The molecule has 1 atom stereocenters. The number of carbonyl (C=O) groups is 1. The second-order valence-electron chi connectivity index (χ2n) is 7.08. The predicted octanol–water partition coefficient (Wildman–Crippen LogP) is 4.18. The van der Waals surface area contributed by atoms with Gasteiger partial charge in [-0.05, 0) is 37.5 Å². The lowest BCUT2D eigenvalue weighted by Gasteiger charge is -2.20. The molecule has 0 amide bonds. The summed E-state index contributed by atoms with van der Waals surface area (Å²) < 4.78 is 7.13. The number of aryl methyl sites for hydroxylation is 1. The smallest absolute Gasteiger partial charge is 0.323 e. The van der Waals surface area contributed by atoms with E-state index in [1.54, 1.807) is 0 Å². The van der Waals surface area contributed by atoms with Gasteiger partial charge in [-0.15, -0.1) is 10.2 Å². The van der Waals surface area contributed by atoms with Crippen LogP contribution in [0.25, 0.3) is 5.69 Å². The van der Waals surface area contributed by atoms with Crippen LogP contribution >= 0.6 is 11.8 Å². The van der Waals surface area contributed by atoms with Gasteiger partial charge in [-0.1, -0.05) is 59.8 Å². The Morgan fingerprint density at radius 2 is 1.72 bits per heavy atom.